The van der Waals surface area contributed by atoms with E-state index >= 15 is 0 Å². The van der Waals surface area contributed by atoms with Crippen LogP contribution in [0.5, 0.6) is 0 Å². The number of ketones is 1. The van der Waals surface area contributed by atoms with Gasteiger partial charge in [0.25, 0.3) is 0 Å². The van der Waals surface area contributed by atoms with Crippen molar-refractivity contribution >= 4 is 41.3 Å². The highest BCUT2D eigenvalue weighted by atomic mass is 32.2. The zero-order chi connectivity index (χ0) is 21.0. The predicted molar refractivity (Wildman–Crippen MR) is 104 cm³/mol. The monoisotopic (exact) mass is 409 g/mol. The zero-order valence-corrected chi connectivity index (χ0v) is 17.2. The number of thioether (sulfide) groups is 1. The van der Waals surface area contributed by atoms with Crippen molar-refractivity contribution in [2.45, 2.75) is 45.8 Å². The Kier molecular flexibility index (Phi) is 6.84. The van der Waals surface area contributed by atoms with Crippen molar-refractivity contribution in [1.29, 1.82) is 0 Å². The molecule has 0 spiro atoms. The fraction of sp³-hybridized carbons (Fsp3) is 0.471. The normalized spacial score (nSPS) is 11.9. The van der Waals surface area contributed by atoms with Crippen molar-refractivity contribution in [3.8, 4) is 0 Å². The summed E-state index contributed by atoms with van der Waals surface area (Å²) in [5.41, 5.74) is 5.82. The van der Waals surface area contributed by atoms with Gasteiger partial charge >= 0.3 is 5.97 Å². The Morgan fingerprint density at radius 2 is 1.96 bits per heavy atom. The number of esters is 1. The van der Waals surface area contributed by atoms with Crippen LogP contribution in [-0.4, -0.2) is 44.8 Å². The molecule has 3 N–H and O–H groups in total. The Balaban J connectivity index is 2.38. The molecule has 0 fully saturated rings. The lowest BCUT2D eigenvalue weighted by atomic mass is 10.1. The molecule has 0 bridgehead atoms. The molecule has 0 aliphatic rings. The lowest BCUT2D eigenvalue weighted by molar-refractivity contribution is -0.119. The zero-order valence-electron chi connectivity index (χ0n) is 16.4. The minimum absolute atomic E-state index is 0.0763. The Labute approximate surface area is 166 Å². The van der Waals surface area contributed by atoms with Crippen molar-refractivity contribution in [3.63, 3.8) is 0 Å². The maximum Gasteiger partial charge on any atom is 0.344 e. The van der Waals surface area contributed by atoms with Crippen LogP contribution in [0.25, 0.3) is 0 Å². The number of aryl methyl sites for hydroxylation is 1. The molecular formula is C17H23N5O5S. The SMILES string of the molecule is CCOC(=O)c1c(NC(=O)C(C)n2c(N)nnc2SCC)oc(C)c1C(C)=O. The fourth-order valence-electron chi connectivity index (χ4n) is 2.67. The summed E-state index contributed by atoms with van der Waals surface area (Å²) < 4.78 is 12.0. The van der Waals surface area contributed by atoms with Gasteiger partial charge in [0, 0.05) is 0 Å². The molecule has 152 valence electrons. The van der Waals surface area contributed by atoms with E-state index in [1.54, 1.807) is 13.8 Å². The number of ether oxygens (including phenoxy) is 1. The highest BCUT2D eigenvalue weighted by Crippen LogP contribution is 2.30. The topological polar surface area (TPSA) is 142 Å². The number of rotatable bonds is 8. The van der Waals surface area contributed by atoms with E-state index in [0.29, 0.717) is 5.16 Å². The summed E-state index contributed by atoms with van der Waals surface area (Å²) in [5, 5.41) is 10.8. The van der Waals surface area contributed by atoms with Gasteiger partial charge in [-0.05, 0) is 33.4 Å². The standard InChI is InChI=1S/C17H23N5O5S/c1-6-26-15(25)12-11(9(4)23)10(5)27-14(12)19-13(24)8(3)22-16(18)20-21-17(22)28-7-2/h8H,6-7H2,1-5H3,(H2,18,20)(H,19,24). The molecule has 0 saturated heterocycles. The summed E-state index contributed by atoms with van der Waals surface area (Å²) in [6.07, 6.45) is 0. The molecule has 0 aliphatic heterocycles. The fourth-order valence-corrected chi connectivity index (χ4v) is 3.42. The molecular weight excluding hydrogens is 386 g/mol. The van der Waals surface area contributed by atoms with E-state index in [1.165, 1.54) is 30.2 Å². The smallest absolute Gasteiger partial charge is 0.344 e. The maximum atomic E-state index is 12.8. The summed E-state index contributed by atoms with van der Waals surface area (Å²) in [7, 11) is 0. The van der Waals surface area contributed by atoms with E-state index in [1.807, 2.05) is 6.92 Å². The van der Waals surface area contributed by atoms with Gasteiger partial charge < -0.3 is 14.9 Å². The molecule has 2 rings (SSSR count). The third-order valence-corrected chi connectivity index (χ3v) is 4.71. The number of hydrogen-bond donors (Lipinski definition) is 2. The number of nitrogens with one attached hydrogen (secondary N) is 1. The first-order valence-corrected chi connectivity index (χ1v) is 9.66. The first-order chi connectivity index (χ1) is 13.2. The molecule has 1 amide bonds. The molecule has 2 heterocycles. The van der Waals surface area contributed by atoms with Crippen LogP contribution in [0.1, 0.15) is 60.2 Å². The van der Waals surface area contributed by atoms with Gasteiger partial charge in [-0.3, -0.25) is 19.5 Å². The summed E-state index contributed by atoms with van der Waals surface area (Å²) in [5.74, 6) is -0.762. The average molecular weight is 409 g/mol. The van der Waals surface area contributed by atoms with Crippen LogP contribution in [-0.2, 0) is 9.53 Å². The lowest BCUT2D eigenvalue weighted by Gasteiger charge is -2.15. The Hall–Kier alpha value is -2.82. The van der Waals surface area contributed by atoms with Crippen molar-refractivity contribution < 1.29 is 23.5 Å². The van der Waals surface area contributed by atoms with Crippen molar-refractivity contribution in [1.82, 2.24) is 14.8 Å². The number of nitrogens with two attached hydrogens (primary N) is 1. The van der Waals surface area contributed by atoms with Crippen LogP contribution in [0.3, 0.4) is 0 Å². The van der Waals surface area contributed by atoms with Crippen LogP contribution >= 0.6 is 11.8 Å². The van der Waals surface area contributed by atoms with E-state index in [9.17, 15) is 14.4 Å². The minimum Gasteiger partial charge on any atom is -0.462 e. The van der Waals surface area contributed by atoms with E-state index < -0.39 is 17.9 Å². The van der Waals surface area contributed by atoms with E-state index in [-0.39, 0.29) is 41.1 Å². The average Bonchev–Trinajstić information content (AvgIpc) is 3.14. The summed E-state index contributed by atoms with van der Waals surface area (Å²) in [4.78, 5) is 37.1. The second-order valence-corrected chi connectivity index (χ2v) is 7.05. The molecule has 2 aromatic rings. The highest BCUT2D eigenvalue weighted by Gasteiger charge is 2.30. The number of Topliss-reactive ketones (excluding diaryl/α,β-unsaturated/α-hetero) is 1. The van der Waals surface area contributed by atoms with Gasteiger partial charge in [0.15, 0.2) is 10.9 Å². The van der Waals surface area contributed by atoms with Crippen molar-refractivity contribution in [2.75, 3.05) is 23.4 Å². The third-order valence-electron chi connectivity index (χ3n) is 3.88. The summed E-state index contributed by atoms with van der Waals surface area (Å²) in [6.45, 7) is 8.14. The number of nitrogens with zero attached hydrogens (tertiary/aromatic N) is 3. The first-order valence-electron chi connectivity index (χ1n) is 8.68. The van der Waals surface area contributed by atoms with Crippen LogP contribution in [0.15, 0.2) is 9.57 Å². The quantitative estimate of drug-likeness (QED) is 0.382. The molecule has 2 aromatic heterocycles. The van der Waals surface area contributed by atoms with E-state index in [0.717, 1.165) is 5.75 Å². The third kappa shape index (κ3) is 4.19. The number of aromatic nitrogens is 3. The van der Waals surface area contributed by atoms with Gasteiger partial charge in [-0.2, -0.15) is 0 Å². The van der Waals surface area contributed by atoms with Crippen molar-refractivity contribution in [2.24, 2.45) is 0 Å². The molecule has 0 radical (unpaired) electrons. The summed E-state index contributed by atoms with van der Waals surface area (Å²) >= 11 is 1.39. The lowest BCUT2D eigenvalue weighted by Crippen LogP contribution is -2.26. The number of furan rings is 1. The molecule has 11 heteroatoms. The van der Waals surface area contributed by atoms with Crippen LogP contribution < -0.4 is 11.1 Å². The van der Waals surface area contributed by atoms with Gasteiger partial charge in [-0.15, -0.1) is 10.2 Å². The first kappa shape index (κ1) is 21.5. The Bertz CT molecular complexity index is 904. The Morgan fingerprint density at radius 1 is 1.29 bits per heavy atom. The molecule has 0 saturated carbocycles. The van der Waals surface area contributed by atoms with Gasteiger partial charge in [-0.1, -0.05) is 18.7 Å². The number of carbonyl (C=O) groups is 3. The summed E-state index contributed by atoms with van der Waals surface area (Å²) in [6, 6.07) is -0.787. The van der Waals surface area contributed by atoms with Gasteiger partial charge in [0.1, 0.15) is 17.4 Å². The molecule has 0 aliphatic carbocycles. The van der Waals surface area contributed by atoms with Gasteiger partial charge in [0.2, 0.25) is 17.7 Å². The highest BCUT2D eigenvalue weighted by molar-refractivity contribution is 7.99. The number of anilines is 2. The van der Waals surface area contributed by atoms with Crippen LogP contribution in [0, 0.1) is 6.92 Å². The molecule has 1 atom stereocenters. The second-order valence-electron chi connectivity index (χ2n) is 5.82. The van der Waals surface area contributed by atoms with Crippen LogP contribution in [0.4, 0.5) is 11.8 Å². The Morgan fingerprint density at radius 3 is 2.54 bits per heavy atom. The minimum atomic E-state index is -0.787. The van der Waals surface area contributed by atoms with E-state index in [4.69, 9.17) is 14.9 Å². The molecule has 1 unspecified atom stereocenters. The van der Waals surface area contributed by atoms with Crippen LogP contribution in [0.2, 0.25) is 0 Å². The van der Waals surface area contributed by atoms with Gasteiger partial charge in [-0.25, -0.2) is 4.79 Å². The van der Waals surface area contributed by atoms with Gasteiger partial charge in [0.05, 0.1) is 12.2 Å². The largest absolute Gasteiger partial charge is 0.462 e. The molecule has 0 aromatic carbocycles. The van der Waals surface area contributed by atoms with E-state index in [2.05, 4.69) is 15.5 Å². The maximum absolute atomic E-state index is 12.8. The molecule has 10 nitrogen and oxygen atoms in total. The van der Waals surface area contributed by atoms with Crippen molar-refractivity contribution in [3.05, 3.63) is 16.9 Å². The number of nitrogen functional groups attached to an aromatic ring is 1. The second kappa shape index (κ2) is 8.91. The number of hydrogen-bond acceptors (Lipinski definition) is 9. The predicted octanol–water partition coefficient (Wildman–Crippen LogP) is 2.45. The number of carbonyl (C=O) groups excluding carboxylic acids is 3. The molecule has 28 heavy (non-hydrogen) atoms. The number of amides is 1.